The molecule has 6 heteroatoms. The lowest BCUT2D eigenvalue weighted by molar-refractivity contribution is -0.140. The maximum absolute atomic E-state index is 11.8. The van der Waals surface area contributed by atoms with Crippen LogP contribution in [0.25, 0.3) is 0 Å². The number of allylic oxidation sites excluding steroid dienone is 2. The molecular formula is C12H14O6. The number of ether oxygens (including phenoxy) is 3. The number of Topliss-reactive ketones (excluding diaryl/α,β-unsaturated/α-hetero) is 1. The molecule has 98 valence electrons. The second-order valence-corrected chi connectivity index (χ2v) is 3.49. The molecule has 0 radical (unpaired) electrons. The van der Waals surface area contributed by atoms with E-state index in [0.29, 0.717) is 0 Å². The number of ketones is 2. The molecule has 6 nitrogen and oxygen atoms in total. The van der Waals surface area contributed by atoms with Gasteiger partial charge in [0, 0.05) is 18.1 Å². The molecular weight excluding hydrogens is 240 g/mol. The van der Waals surface area contributed by atoms with E-state index < -0.39 is 17.5 Å². The van der Waals surface area contributed by atoms with Crippen molar-refractivity contribution in [3.8, 4) is 0 Å². The minimum absolute atomic E-state index is 0.00781. The summed E-state index contributed by atoms with van der Waals surface area (Å²) < 4.78 is 14.2. The van der Waals surface area contributed by atoms with Gasteiger partial charge in [0.1, 0.15) is 0 Å². The van der Waals surface area contributed by atoms with Crippen LogP contribution < -0.4 is 0 Å². The van der Waals surface area contributed by atoms with E-state index in [1.165, 1.54) is 21.3 Å². The first-order valence-corrected chi connectivity index (χ1v) is 5.23. The minimum atomic E-state index is -0.500. The number of carbonyl (C=O) groups is 3. The zero-order chi connectivity index (χ0) is 13.7. The van der Waals surface area contributed by atoms with Crippen molar-refractivity contribution >= 4 is 17.5 Å². The van der Waals surface area contributed by atoms with Crippen LogP contribution in [0.15, 0.2) is 23.2 Å². The molecule has 0 aromatic carbocycles. The molecule has 0 unspecified atom stereocenters. The predicted molar refractivity (Wildman–Crippen MR) is 60.4 cm³/mol. The Morgan fingerprint density at radius 2 is 1.83 bits per heavy atom. The van der Waals surface area contributed by atoms with Crippen LogP contribution in [0.1, 0.15) is 12.8 Å². The molecule has 0 aromatic heterocycles. The maximum atomic E-state index is 11.8. The normalized spacial score (nSPS) is 15.4. The van der Waals surface area contributed by atoms with Crippen molar-refractivity contribution in [3.63, 3.8) is 0 Å². The Morgan fingerprint density at radius 3 is 2.33 bits per heavy atom. The van der Waals surface area contributed by atoms with E-state index in [2.05, 4.69) is 4.74 Å². The van der Waals surface area contributed by atoms with Crippen molar-refractivity contribution in [1.29, 1.82) is 0 Å². The fourth-order valence-electron chi connectivity index (χ4n) is 1.57. The highest BCUT2D eigenvalue weighted by molar-refractivity contribution is 6.21. The van der Waals surface area contributed by atoms with Crippen LogP contribution in [0, 0.1) is 0 Å². The largest absolute Gasteiger partial charge is 0.492 e. The summed E-state index contributed by atoms with van der Waals surface area (Å²) in [6, 6.07) is 0. The molecule has 0 heterocycles. The molecule has 0 atom stereocenters. The molecule has 0 N–H and O–H groups in total. The number of methoxy groups -OCH3 is 3. The zero-order valence-corrected chi connectivity index (χ0v) is 10.4. The van der Waals surface area contributed by atoms with Gasteiger partial charge in [0.05, 0.1) is 21.3 Å². The highest BCUT2D eigenvalue weighted by Gasteiger charge is 2.30. The highest BCUT2D eigenvalue weighted by atomic mass is 16.5. The molecule has 1 rings (SSSR count). The molecule has 0 bridgehead atoms. The van der Waals surface area contributed by atoms with E-state index in [9.17, 15) is 14.4 Å². The number of hydrogen-bond donors (Lipinski definition) is 0. The molecule has 0 saturated heterocycles. The third-order valence-corrected chi connectivity index (χ3v) is 2.49. The van der Waals surface area contributed by atoms with E-state index in [1.54, 1.807) is 0 Å². The summed E-state index contributed by atoms with van der Waals surface area (Å²) in [5.41, 5.74) is 0.161. The van der Waals surface area contributed by atoms with Gasteiger partial charge in [-0.15, -0.1) is 0 Å². The van der Waals surface area contributed by atoms with Gasteiger partial charge >= 0.3 is 5.97 Å². The number of hydrogen-bond acceptors (Lipinski definition) is 6. The van der Waals surface area contributed by atoms with Crippen LogP contribution in [-0.4, -0.2) is 38.9 Å². The standard InChI is InChI=1S/C12H14O6/c1-16-9-6-8(13)7(4-5-10(14)17-2)12(18-3)11(9)15/h6H,4-5H2,1-3H3. The second-order valence-electron chi connectivity index (χ2n) is 3.49. The lowest BCUT2D eigenvalue weighted by Gasteiger charge is -2.16. The quantitative estimate of drug-likeness (QED) is 0.525. The third-order valence-electron chi connectivity index (χ3n) is 2.49. The van der Waals surface area contributed by atoms with E-state index in [4.69, 9.17) is 9.47 Å². The van der Waals surface area contributed by atoms with Crippen LogP contribution >= 0.6 is 0 Å². The van der Waals surface area contributed by atoms with E-state index in [-0.39, 0.29) is 29.9 Å². The minimum Gasteiger partial charge on any atom is -0.492 e. The highest BCUT2D eigenvalue weighted by Crippen LogP contribution is 2.23. The van der Waals surface area contributed by atoms with Gasteiger partial charge in [0.25, 0.3) is 5.78 Å². The van der Waals surface area contributed by atoms with Gasteiger partial charge in [-0.3, -0.25) is 14.4 Å². The molecule has 0 saturated carbocycles. The van der Waals surface area contributed by atoms with Gasteiger partial charge in [-0.1, -0.05) is 0 Å². The summed E-state index contributed by atoms with van der Waals surface area (Å²) in [6.45, 7) is 0. The van der Waals surface area contributed by atoms with E-state index >= 15 is 0 Å². The van der Waals surface area contributed by atoms with Crippen LogP contribution in [0.3, 0.4) is 0 Å². The fraction of sp³-hybridized carbons (Fsp3) is 0.417. The lowest BCUT2D eigenvalue weighted by Crippen LogP contribution is -2.22. The average molecular weight is 254 g/mol. The van der Waals surface area contributed by atoms with Crippen molar-refractivity contribution in [2.45, 2.75) is 12.8 Å². The molecule has 0 aromatic rings. The Balaban J connectivity index is 2.96. The molecule has 0 spiro atoms. The van der Waals surface area contributed by atoms with Crippen LogP contribution in [0.2, 0.25) is 0 Å². The summed E-state index contributed by atoms with van der Waals surface area (Å²) in [6.07, 6.45) is 1.19. The lowest BCUT2D eigenvalue weighted by atomic mass is 9.96. The number of carbonyl (C=O) groups excluding carboxylic acids is 3. The van der Waals surface area contributed by atoms with Crippen molar-refractivity contribution in [2.75, 3.05) is 21.3 Å². The summed E-state index contributed by atoms with van der Waals surface area (Å²) >= 11 is 0. The Kier molecular flexibility index (Phi) is 4.65. The maximum Gasteiger partial charge on any atom is 0.305 e. The van der Waals surface area contributed by atoms with Crippen molar-refractivity contribution in [2.24, 2.45) is 0 Å². The predicted octanol–water partition coefficient (Wildman–Crippen LogP) is 0.522. The average Bonchev–Trinajstić information content (AvgIpc) is 2.38. The molecule has 18 heavy (non-hydrogen) atoms. The first-order valence-electron chi connectivity index (χ1n) is 5.23. The molecule has 1 aliphatic carbocycles. The zero-order valence-electron chi connectivity index (χ0n) is 10.4. The SMILES string of the molecule is COC(=O)CCC1=C(OC)C(=O)C(OC)=CC1=O. The second kappa shape index (κ2) is 6.00. The van der Waals surface area contributed by atoms with Gasteiger partial charge in [-0.2, -0.15) is 0 Å². The summed E-state index contributed by atoms with van der Waals surface area (Å²) in [7, 11) is 3.84. The first kappa shape index (κ1) is 14.0. The summed E-state index contributed by atoms with van der Waals surface area (Å²) in [4.78, 5) is 34.6. The summed E-state index contributed by atoms with van der Waals surface area (Å²) in [5.74, 6) is -1.51. The van der Waals surface area contributed by atoms with E-state index in [1.807, 2.05) is 0 Å². The van der Waals surface area contributed by atoms with Crippen molar-refractivity contribution in [3.05, 3.63) is 23.2 Å². The molecule has 1 aliphatic rings. The third kappa shape index (κ3) is 2.77. The smallest absolute Gasteiger partial charge is 0.305 e. The molecule has 0 fully saturated rings. The van der Waals surface area contributed by atoms with Crippen molar-refractivity contribution in [1.82, 2.24) is 0 Å². The van der Waals surface area contributed by atoms with Gasteiger partial charge in [-0.05, 0) is 6.42 Å². The number of rotatable bonds is 5. The van der Waals surface area contributed by atoms with Gasteiger partial charge in [0.2, 0.25) is 0 Å². The fourth-order valence-corrected chi connectivity index (χ4v) is 1.57. The van der Waals surface area contributed by atoms with Gasteiger partial charge in [0.15, 0.2) is 17.3 Å². The van der Waals surface area contributed by atoms with Crippen LogP contribution in [0.5, 0.6) is 0 Å². The van der Waals surface area contributed by atoms with Crippen LogP contribution in [-0.2, 0) is 28.6 Å². The molecule has 0 amide bonds. The Morgan fingerprint density at radius 1 is 1.17 bits per heavy atom. The monoisotopic (exact) mass is 254 g/mol. The topological polar surface area (TPSA) is 78.9 Å². The van der Waals surface area contributed by atoms with Gasteiger partial charge < -0.3 is 14.2 Å². The number of esters is 1. The molecule has 0 aliphatic heterocycles. The first-order chi connectivity index (χ1) is 8.54. The Bertz CT molecular complexity index is 443. The van der Waals surface area contributed by atoms with Crippen molar-refractivity contribution < 1.29 is 28.6 Å². The van der Waals surface area contributed by atoms with Gasteiger partial charge in [-0.25, -0.2) is 0 Å². The van der Waals surface area contributed by atoms with Crippen LogP contribution in [0.4, 0.5) is 0 Å². The Labute approximate surface area is 104 Å². The Hall–Kier alpha value is -2.11. The summed E-state index contributed by atoms with van der Waals surface area (Å²) in [5, 5.41) is 0. The van der Waals surface area contributed by atoms with E-state index in [0.717, 1.165) is 6.08 Å².